The fourth-order valence-electron chi connectivity index (χ4n) is 11.8. The van der Waals surface area contributed by atoms with Gasteiger partial charge in [-0.15, -0.1) is 0 Å². The smallest absolute Gasteiger partial charge is 0.187 e. The van der Waals surface area contributed by atoms with Crippen LogP contribution in [-0.4, -0.2) is 399 Å². The Morgan fingerprint density at radius 2 is 0.349 bits per heavy atom. The van der Waals surface area contributed by atoms with Gasteiger partial charge in [-0.05, 0) is 0 Å². The molecule has 30 aliphatic rings. The van der Waals surface area contributed by atoms with Crippen molar-refractivity contribution in [1.29, 1.82) is 0 Å². The third-order valence-electron chi connectivity index (χ3n) is 16.7. The Labute approximate surface area is 486 Å². The molecule has 0 aromatic carbocycles. The van der Waals surface area contributed by atoms with Crippen LogP contribution >= 0.6 is 0 Å². The molecule has 15 unspecified atom stereocenters. The first kappa shape index (κ1) is 68.8. The molecule has 30 rings (SSSR count). The van der Waals surface area contributed by atoms with E-state index in [2.05, 4.69) is 0 Å². The van der Waals surface area contributed by atoms with Gasteiger partial charge in [-0.25, -0.2) is 0 Å². The van der Waals surface area contributed by atoms with Crippen molar-refractivity contribution in [2.24, 2.45) is 0 Å². The van der Waals surface area contributed by atoms with E-state index in [0.29, 0.717) is 0 Å². The van der Waals surface area contributed by atoms with Crippen molar-refractivity contribution in [3.8, 4) is 0 Å². The summed E-state index contributed by atoms with van der Waals surface area (Å²) in [5.74, 6) is 0. The van der Waals surface area contributed by atoms with Crippen molar-refractivity contribution in [2.45, 2.75) is 246 Å². The predicted molar refractivity (Wildman–Crippen MR) is 258 cm³/mol. The largest absolute Gasteiger partial charge is 0.394 e. The molecule has 38 nitrogen and oxygen atoms in total. The Hall–Kier alpha value is -1.52. The highest BCUT2D eigenvalue weighted by Gasteiger charge is 2.59. The molecule has 0 aromatic heterocycles. The van der Waals surface area contributed by atoms with E-state index >= 15 is 0 Å². The Morgan fingerprint density at radius 3 is 0.535 bits per heavy atom. The molecule has 38 atom stereocenters. The summed E-state index contributed by atoms with van der Waals surface area (Å²) >= 11 is 0. The maximum atomic E-state index is 11.4. The summed E-state index contributed by atoms with van der Waals surface area (Å²) < 4.78 is 92.2. The molecule has 0 aliphatic carbocycles. The molecule has 0 spiro atoms. The fourth-order valence-corrected chi connectivity index (χ4v) is 11.8. The second-order valence-corrected chi connectivity index (χ2v) is 22.3. The highest BCUT2D eigenvalue weighted by Crippen LogP contribution is 2.39. The predicted octanol–water partition coefficient (Wildman–Crippen LogP) is -15.3. The molecule has 86 heavy (non-hydrogen) atoms. The van der Waals surface area contributed by atoms with Gasteiger partial charge in [0.15, 0.2) is 50.3 Å². The molecular formula is C48H80O38. The minimum absolute atomic E-state index is 0.510. The SMILES string of the molecule is OCC1O[C@@H]2O[C@@H]3C(CO)O[C@H](O[C@@H]4C(CO)O[C@H](O[C@@H]5C(CO)O[C@H](O[C@@H]6C(CO)O[C@H](O[C@H]7C[C@H](O)[C@H](OC7CO)O[C@@H]7C(CO)O[C@H](O[C@H]8C[C@H](O)[C@@H](OC1[C@H](O)C2O)OC8CO)[C@@H](O)C7O)C(O)[C@H]6O)[C@@H](O)C5O)[C@@H](O)C4O)[C@@H](O)C3O. The van der Waals surface area contributed by atoms with E-state index < -0.39 is 299 Å². The number of ether oxygens (including phenoxy) is 16. The lowest BCUT2D eigenvalue weighted by atomic mass is 9.95. The van der Waals surface area contributed by atoms with E-state index in [1.807, 2.05) is 0 Å². The van der Waals surface area contributed by atoms with Gasteiger partial charge in [-0.3, -0.25) is 0 Å². The summed E-state index contributed by atoms with van der Waals surface area (Å²) in [4.78, 5) is 0. The zero-order chi connectivity index (χ0) is 62.3. The molecular weight excluding hydrogens is 1180 g/mol. The number of aliphatic hydroxyl groups excluding tert-OH is 22. The monoisotopic (exact) mass is 1260 g/mol. The van der Waals surface area contributed by atoms with Crippen LogP contribution in [0.1, 0.15) is 12.8 Å². The van der Waals surface area contributed by atoms with E-state index in [1.54, 1.807) is 0 Å². The van der Waals surface area contributed by atoms with Gasteiger partial charge in [0, 0.05) is 12.8 Å². The summed E-state index contributed by atoms with van der Waals surface area (Å²) in [5, 5.41) is 242. The van der Waals surface area contributed by atoms with Crippen LogP contribution < -0.4 is 0 Å². The molecule has 30 saturated heterocycles. The lowest BCUT2D eigenvalue weighted by molar-refractivity contribution is -0.399. The van der Waals surface area contributed by atoms with Crippen LogP contribution in [0.3, 0.4) is 0 Å². The average molecular weight is 1270 g/mol. The van der Waals surface area contributed by atoms with Crippen molar-refractivity contribution in [1.82, 2.24) is 0 Å². The second-order valence-electron chi connectivity index (χ2n) is 22.3. The van der Waals surface area contributed by atoms with Crippen molar-refractivity contribution in [2.75, 3.05) is 52.9 Å². The summed E-state index contributed by atoms with van der Waals surface area (Å²) in [6, 6.07) is 0. The zero-order valence-electron chi connectivity index (χ0n) is 45.4. The molecule has 0 amide bonds. The summed E-state index contributed by atoms with van der Waals surface area (Å²) in [6.07, 6.45) is -72.6. The molecule has 0 aromatic rings. The molecule has 30 fully saturated rings. The van der Waals surface area contributed by atoms with E-state index in [4.69, 9.17) is 75.8 Å². The van der Waals surface area contributed by atoms with E-state index in [1.165, 1.54) is 0 Å². The first-order valence-electron chi connectivity index (χ1n) is 27.9. The van der Waals surface area contributed by atoms with Gasteiger partial charge in [0.1, 0.15) is 171 Å². The van der Waals surface area contributed by atoms with Crippen molar-refractivity contribution in [3.05, 3.63) is 0 Å². The molecule has 0 saturated carbocycles. The lowest BCUT2D eigenvalue weighted by Crippen LogP contribution is -2.68. The van der Waals surface area contributed by atoms with Gasteiger partial charge >= 0.3 is 0 Å². The van der Waals surface area contributed by atoms with E-state index in [-0.39, 0.29) is 0 Å². The first-order valence-corrected chi connectivity index (χ1v) is 27.9. The van der Waals surface area contributed by atoms with Crippen LogP contribution in [0.2, 0.25) is 0 Å². The maximum Gasteiger partial charge on any atom is 0.187 e. The molecule has 0 radical (unpaired) electrons. The second kappa shape index (κ2) is 29.6. The fraction of sp³-hybridized carbons (Fsp3) is 1.00. The standard InChI is InChI=1S/C48H80O38/c49-3-15-13-2-12(58)42(74-15)82-36-18(6-52)77-45(31(67)25(36)61)84-38-20(8-54)79-47(33(69)27(38)63)86-40-22(10-56)80-48(34(70)28(40)64)85-39-21(9-55)78-46(32(68)26(39)62)83-37-19(7-53)76-44(30(66)24(37)60)72-14-1-11(57)41(73-16(14)4-50)81-35-17(5-51)75-43(71-13)29(65)23(35)59/h11-70H,1-10H2/t11-,12-,13-,14-,15?,16?,17?,18?,19?,20?,21?,22?,23?,24+,25+,26?,27?,28?,29-,30?,31?,32-,33-,34-,35+,36?,37+,38+,39+,40+,41+,42+,43-,44-,45+,46+,47+,48+/m0/s1. The van der Waals surface area contributed by atoms with Crippen LogP contribution in [0.25, 0.3) is 0 Å². The van der Waals surface area contributed by atoms with Crippen LogP contribution in [0, 0.1) is 0 Å². The van der Waals surface area contributed by atoms with Gasteiger partial charge in [0.2, 0.25) is 0 Å². The molecule has 500 valence electrons. The summed E-state index contributed by atoms with van der Waals surface area (Å²) in [7, 11) is 0. The van der Waals surface area contributed by atoms with Crippen molar-refractivity contribution < 1.29 is 188 Å². The molecule has 38 heteroatoms. The molecule has 22 N–H and O–H groups in total. The number of hydrogen-bond acceptors (Lipinski definition) is 38. The van der Waals surface area contributed by atoms with Crippen LogP contribution in [0.5, 0.6) is 0 Å². The summed E-state index contributed by atoms with van der Waals surface area (Å²) in [6.45, 7) is -7.86. The minimum Gasteiger partial charge on any atom is -0.394 e. The van der Waals surface area contributed by atoms with Crippen LogP contribution in [0.15, 0.2) is 0 Å². The lowest BCUT2D eigenvalue weighted by Gasteiger charge is -2.50. The van der Waals surface area contributed by atoms with Crippen molar-refractivity contribution >= 4 is 0 Å². The Bertz CT molecular complexity index is 2060. The number of aliphatic hydroxyl groups is 22. The van der Waals surface area contributed by atoms with E-state index in [9.17, 15) is 112 Å². The van der Waals surface area contributed by atoms with E-state index in [0.717, 1.165) is 0 Å². The average Bonchev–Trinajstić information content (AvgIpc) is 1.80. The Kier molecular flexibility index (Phi) is 23.7. The van der Waals surface area contributed by atoms with Gasteiger partial charge in [0.05, 0.1) is 65.1 Å². The maximum absolute atomic E-state index is 11.4. The van der Waals surface area contributed by atoms with Gasteiger partial charge < -0.3 is 188 Å². The van der Waals surface area contributed by atoms with Crippen LogP contribution in [0.4, 0.5) is 0 Å². The van der Waals surface area contributed by atoms with Gasteiger partial charge in [-0.1, -0.05) is 0 Å². The highest BCUT2D eigenvalue weighted by atomic mass is 16.8. The Morgan fingerprint density at radius 1 is 0.186 bits per heavy atom. The van der Waals surface area contributed by atoms with Crippen LogP contribution in [-0.2, 0) is 75.8 Å². The summed E-state index contributed by atoms with van der Waals surface area (Å²) in [5.41, 5.74) is 0. The molecule has 30 heterocycles. The first-order chi connectivity index (χ1) is 41.0. The number of hydrogen-bond donors (Lipinski definition) is 22. The quantitative estimate of drug-likeness (QED) is 0.107. The third kappa shape index (κ3) is 13.9. The molecule has 30 aliphatic heterocycles. The Balaban J connectivity index is 0.959. The minimum atomic E-state index is -2.22. The highest BCUT2D eigenvalue weighted by molar-refractivity contribution is 5.01. The third-order valence-corrected chi connectivity index (χ3v) is 16.7. The normalized spacial score (nSPS) is 54.6. The van der Waals surface area contributed by atoms with Gasteiger partial charge in [0.25, 0.3) is 0 Å². The zero-order valence-corrected chi connectivity index (χ0v) is 45.4. The topological polar surface area (TPSA) is 593 Å². The van der Waals surface area contributed by atoms with Gasteiger partial charge in [-0.2, -0.15) is 0 Å². The number of rotatable bonds is 8. The van der Waals surface area contributed by atoms with Crippen molar-refractivity contribution in [3.63, 3.8) is 0 Å². The molecule has 16 bridgehead atoms.